The van der Waals surface area contributed by atoms with E-state index in [2.05, 4.69) is 29.6 Å². The Kier molecular flexibility index (Phi) is 7.36. The number of aromatic nitrogens is 2. The monoisotopic (exact) mass is 328 g/mol. The number of nitrogens with zero attached hydrogens (tertiary/aromatic N) is 2. The van der Waals surface area contributed by atoms with Gasteiger partial charge < -0.3 is 10.6 Å². The highest BCUT2D eigenvalue weighted by Gasteiger charge is 2.28. The topological polar surface area (TPSA) is 59.0 Å². The van der Waals surface area contributed by atoms with Crippen LogP contribution >= 0.6 is 12.4 Å². The SMILES string of the molecule is CNC(C(=O)NC1CCCC(C(C)C)C1)c1cnn(C)c1.Cl. The van der Waals surface area contributed by atoms with E-state index < -0.39 is 0 Å². The fourth-order valence-corrected chi connectivity index (χ4v) is 3.29. The van der Waals surface area contributed by atoms with Gasteiger partial charge in [0, 0.05) is 24.8 Å². The van der Waals surface area contributed by atoms with Crippen molar-refractivity contribution in [3.63, 3.8) is 0 Å². The Bertz CT molecular complexity index is 474. The Morgan fingerprint density at radius 2 is 2.14 bits per heavy atom. The smallest absolute Gasteiger partial charge is 0.242 e. The number of carbonyl (C=O) groups is 1. The lowest BCUT2D eigenvalue weighted by atomic mass is 9.79. The number of likely N-dealkylation sites (N-methyl/N-ethyl adjacent to an activating group) is 1. The van der Waals surface area contributed by atoms with E-state index >= 15 is 0 Å². The van der Waals surface area contributed by atoms with Gasteiger partial charge >= 0.3 is 0 Å². The molecule has 0 aliphatic heterocycles. The molecule has 3 unspecified atom stereocenters. The zero-order valence-electron chi connectivity index (χ0n) is 14.0. The molecule has 1 amide bonds. The molecule has 0 aromatic carbocycles. The summed E-state index contributed by atoms with van der Waals surface area (Å²) >= 11 is 0. The number of halogens is 1. The molecular formula is C16H29ClN4O. The van der Waals surface area contributed by atoms with E-state index in [1.807, 2.05) is 20.3 Å². The number of aryl methyl sites for hydroxylation is 1. The van der Waals surface area contributed by atoms with Crippen LogP contribution in [-0.2, 0) is 11.8 Å². The molecule has 0 saturated heterocycles. The van der Waals surface area contributed by atoms with Gasteiger partial charge in [0.2, 0.25) is 5.91 Å². The van der Waals surface area contributed by atoms with Gasteiger partial charge in [-0.1, -0.05) is 26.7 Å². The Hall–Kier alpha value is -1.07. The van der Waals surface area contributed by atoms with Crippen LogP contribution in [0.2, 0.25) is 0 Å². The van der Waals surface area contributed by atoms with E-state index in [0.717, 1.165) is 24.3 Å². The lowest BCUT2D eigenvalue weighted by molar-refractivity contribution is -0.124. The summed E-state index contributed by atoms with van der Waals surface area (Å²) in [4.78, 5) is 12.5. The van der Waals surface area contributed by atoms with E-state index in [1.165, 1.54) is 12.8 Å². The molecule has 1 heterocycles. The second-order valence-electron chi connectivity index (χ2n) is 6.55. The minimum Gasteiger partial charge on any atom is -0.352 e. The summed E-state index contributed by atoms with van der Waals surface area (Å²) in [5.41, 5.74) is 0.911. The molecule has 1 aromatic rings. The number of amides is 1. The molecule has 22 heavy (non-hydrogen) atoms. The Morgan fingerprint density at radius 1 is 1.41 bits per heavy atom. The van der Waals surface area contributed by atoms with Crippen molar-refractivity contribution < 1.29 is 4.79 Å². The number of hydrogen-bond donors (Lipinski definition) is 2. The van der Waals surface area contributed by atoms with Crippen LogP contribution in [0.1, 0.15) is 51.1 Å². The van der Waals surface area contributed by atoms with Crippen molar-refractivity contribution in [1.29, 1.82) is 0 Å². The summed E-state index contributed by atoms with van der Waals surface area (Å²) in [6.07, 6.45) is 8.34. The highest BCUT2D eigenvalue weighted by atomic mass is 35.5. The summed E-state index contributed by atoms with van der Waals surface area (Å²) in [6, 6.07) is -0.00991. The molecule has 0 spiro atoms. The number of hydrogen-bond acceptors (Lipinski definition) is 3. The second-order valence-corrected chi connectivity index (χ2v) is 6.55. The van der Waals surface area contributed by atoms with Gasteiger partial charge in [-0.3, -0.25) is 9.48 Å². The fraction of sp³-hybridized carbons (Fsp3) is 0.750. The molecule has 2 rings (SSSR count). The van der Waals surface area contributed by atoms with E-state index in [4.69, 9.17) is 0 Å². The van der Waals surface area contributed by atoms with E-state index in [1.54, 1.807) is 10.9 Å². The molecule has 2 N–H and O–H groups in total. The largest absolute Gasteiger partial charge is 0.352 e. The average Bonchev–Trinajstić information content (AvgIpc) is 2.86. The van der Waals surface area contributed by atoms with Gasteiger partial charge in [-0.25, -0.2) is 0 Å². The molecule has 0 radical (unpaired) electrons. The van der Waals surface area contributed by atoms with Crippen molar-refractivity contribution >= 4 is 18.3 Å². The van der Waals surface area contributed by atoms with E-state index in [0.29, 0.717) is 12.0 Å². The summed E-state index contributed by atoms with van der Waals surface area (Å²) in [5, 5.41) is 10.5. The highest BCUT2D eigenvalue weighted by molar-refractivity contribution is 5.85. The van der Waals surface area contributed by atoms with Crippen molar-refractivity contribution in [2.75, 3.05) is 7.05 Å². The maximum atomic E-state index is 12.5. The van der Waals surface area contributed by atoms with Crippen molar-refractivity contribution in [3.8, 4) is 0 Å². The van der Waals surface area contributed by atoms with E-state index in [9.17, 15) is 4.79 Å². The first-order valence-corrected chi connectivity index (χ1v) is 7.97. The number of carbonyl (C=O) groups excluding carboxylic acids is 1. The van der Waals surface area contributed by atoms with Crippen molar-refractivity contribution in [2.45, 2.75) is 51.6 Å². The predicted octanol–water partition coefficient (Wildman–Crippen LogP) is 2.43. The highest BCUT2D eigenvalue weighted by Crippen LogP contribution is 2.30. The van der Waals surface area contributed by atoms with E-state index in [-0.39, 0.29) is 24.4 Å². The van der Waals surface area contributed by atoms with Gasteiger partial charge in [0.25, 0.3) is 0 Å². The standard InChI is InChI=1S/C16H28N4O.ClH/c1-11(2)12-6-5-7-14(8-12)19-16(21)15(17-3)13-9-18-20(4)10-13;/h9-12,14-15,17H,5-8H2,1-4H3,(H,19,21);1H. The molecular weight excluding hydrogens is 300 g/mol. The maximum absolute atomic E-state index is 12.5. The van der Waals surface area contributed by atoms with Crippen LogP contribution in [0.15, 0.2) is 12.4 Å². The molecule has 0 bridgehead atoms. The van der Waals surface area contributed by atoms with Crippen molar-refractivity contribution in [2.24, 2.45) is 18.9 Å². The molecule has 5 nitrogen and oxygen atoms in total. The average molecular weight is 329 g/mol. The third-order valence-corrected chi connectivity index (χ3v) is 4.61. The van der Waals surface area contributed by atoms with Crippen LogP contribution in [0.3, 0.4) is 0 Å². The first-order chi connectivity index (χ1) is 10.0. The Balaban J connectivity index is 0.00000242. The van der Waals surface area contributed by atoms with Crippen molar-refractivity contribution in [1.82, 2.24) is 20.4 Å². The molecule has 1 aliphatic carbocycles. The Labute approximate surface area is 139 Å². The minimum absolute atomic E-state index is 0. The van der Waals surface area contributed by atoms with Crippen LogP contribution in [0, 0.1) is 11.8 Å². The molecule has 3 atom stereocenters. The van der Waals surface area contributed by atoms with Gasteiger partial charge in [-0.05, 0) is 31.7 Å². The third kappa shape index (κ3) is 4.71. The molecule has 6 heteroatoms. The second kappa shape index (κ2) is 8.53. The molecule has 1 fully saturated rings. The zero-order valence-corrected chi connectivity index (χ0v) is 14.8. The Morgan fingerprint density at radius 3 is 2.68 bits per heavy atom. The number of rotatable bonds is 5. The van der Waals surface area contributed by atoms with Crippen LogP contribution in [-0.4, -0.2) is 28.8 Å². The lowest BCUT2D eigenvalue weighted by Gasteiger charge is -2.32. The summed E-state index contributed by atoms with van der Waals surface area (Å²) < 4.78 is 1.72. The summed E-state index contributed by atoms with van der Waals surface area (Å²) in [7, 11) is 3.68. The fourth-order valence-electron chi connectivity index (χ4n) is 3.29. The number of nitrogens with one attached hydrogen (secondary N) is 2. The van der Waals surface area contributed by atoms with Gasteiger partial charge in [-0.15, -0.1) is 12.4 Å². The molecule has 1 aromatic heterocycles. The predicted molar refractivity (Wildman–Crippen MR) is 91.0 cm³/mol. The maximum Gasteiger partial charge on any atom is 0.242 e. The van der Waals surface area contributed by atoms with Gasteiger partial charge in [0.1, 0.15) is 6.04 Å². The van der Waals surface area contributed by atoms with Crippen molar-refractivity contribution in [3.05, 3.63) is 18.0 Å². The third-order valence-electron chi connectivity index (χ3n) is 4.61. The summed E-state index contributed by atoms with van der Waals surface area (Å²) in [6.45, 7) is 4.56. The normalized spacial score (nSPS) is 23.0. The minimum atomic E-state index is -0.321. The van der Waals surface area contributed by atoms with Crippen LogP contribution in [0.5, 0.6) is 0 Å². The zero-order chi connectivity index (χ0) is 15.4. The van der Waals surface area contributed by atoms with Gasteiger partial charge in [0.05, 0.1) is 6.20 Å². The molecule has 1 saturated carbocycles. The van der Waals surface area contributed by atoms with Gasteiger partial charge in [0.15, 0.2) is 0 Å². The van der Waals surface area contributed by atoms with Gasteiger partial charge in [-0.2, -0.15) is 5.10 Å². The van der Waals surface area contributed by atoms with Crippen LogP contribution in [0.4, 0.5) is 0 Å². The molecule has 1 aliphatic rings. The van der Waals surface area contributed by atoms with Crippen LogP contribution in [0.25, 0.3) is 0 Å². The molecule has 126 valence electrons. The van der Waals surface area contributed by atoms with Crippen LogP contribution < -0.4 is 10.6 Å². The lowest BCUT2D eigenvalue weighted by Crippen LogP contribution is -2.44. The first-order valence-electron chi connectivity index (χ1n) is 7.97. The first kappa shape index (κ1) is 19.0. The summed E-state index contributed by atoms with van der Waals surface area (Å²) in [5.74, 6) is 1.48. The quantitative estimate of drug-likeness (QED) is 0.872.